The Labute approximate surface area is 138 Å². The van der Waals surface area contributed by atoms with Crippen molar-refractivity contribution in [3.05, 3.63) is 23.7 Å². The summed E-state index contributed by atoms with van der Waals surface area (Å²) in [5.41, 5.74) is 0. The van der Waals surface area contributed by atoms with Crippen molar-refractivity contribution < 1.29 is 9.52 Å². The predicted octanol–water partition coefficient (Wildman–Crippen LogP) is 2.45. The molecule has 1 aromatic rings. The minimum atomic E-state index is 0. The van der Waals surface area contributed by atoms with E-state index in [0.717, 1.165) is 24.0 Å². The molecule has 1 aromatic heterocycles. The van der Waals surface area contributed by atoms with Gasteiger partial charge in [0.15, 0.2) is 5.96 Å². The fraction of sp³-hybridized carbons (Fsp3) is 0.643. The molecule has 0 aromatic carbocycles. The van der Waals surface area contributed by atoms with Crippen LogP contribution in [0.2, 0.25) is 0 Å². The highest BCUT2D eigenvalue weighted by molar-refractivity contribution is 14.0. The second-order valence-corrected chi connectivity index (χ2v) is 4.82. The van der Waals surface area contributed by atoms with Crippen LogP contribution in [0.1, 0.15) is 38.3 Å². The van der Waals surface area contributed by atoms with Crippen LogP contribution in [0.25, 0.3) is 0 Å². The van der Waals surface area contributed by atoms with Crippen LogP contribution in [0.3, 0.4) is 0 Å². The van der Waals surface area contributed by atoms with Crippen LogP contribution < -0.4 is 10.6 Å². The lowest BCUT2D eigenvalue weighted by Crippen LogP contribution is -2.39. The number of rotatable bonds is 6. The van der Waals surface area contributed by atoms with Crippen LogP contribution in [0.5, 0.6) is 0 Å². The normalized spacial score (nSPS) is 14.3. The molecule has 3 N–H and O–H groups in total. The molecule has 0 saturated carbocycles. The van der Waals surface area contributed by atoms with Crippen molar-refractivity contribution in [2.45, 2.75) is 33.7 Å². The second-order valence-electron chi connectivity index (χ2n) is 4.82. The SMILES string of the molecule is CCNC(=NCC(C)CO)NC(C)c1ccc(C)o1.I. The molecule has 0 radical (unpaired) electrons. The minimum absolute atomic E-state index is 0. The molecule has 5 nitrogen and oxygen atoms in total. The maximum Gasteiger partial charge on any atom is 0.191 e. The third-order valence-corrected chi connectivity index (χ3v) is 2.76. The van der Waals surface area contributed by atoms with Gasteiger partial charge in [0.25, 0.3) is 0 Å². The molecule has 1 rings (SSSR count). The molecule has 1 heterocycles. The smallest absolute Gasteiger partial charge is 0.191 e. The molecule has 0 aliphatic rings. The van der Waals surface area contributed by atoms with E-state index in [2.05, 4.69) is 15.6 Å². The Morgan fingerprint density at radius 2 is 2.10 bits per heavy atom. The molecular formula is C14H26IN3O2. The van der Waals surface area contributed by atoms with E-state index in [0.29, 0.717) is 6.54 Å². The maximum atomic E-state index is 9.02. The summed E-state index contributed by atoms with van der Waals surface area (Å²) in [6.45, 7) is 9.48. The van der Waals surface area contributed by atoms with Crippen molar-refractivity contribution in [3.63, 3.8) is 0 Å². The molecule has 0 amide bonds. The molecule has 116 valence electrons. The average Bonchev–Trinajstić information content (AvgIpc) is 2.82. The summed E-state index contributed by atoms with van der Waals surface area (Å²) < 4.78 is 5.59. The van der Waals surface area contributed by atoms with E-state index >= 15 is 0 Å². The van der Waals surface area contributed by atoms with Crippen molar-refractivity contribution >= 4 is 29.9 Å². The second kappa shape index (κ2) is 10.0. The Morgan fingerprint density at radius 1 is 1.40 bits per heavy atom. The lowest BCUT2D eigenvalue weighted by Gasteiger charge is -2.16. The molecule has 0 aliphatic heterocycles. The molecule has 0 spiro atoms. The van der Waals surface area contributed by atoms with E-state index in [1.807, 2.05) is 39.8 Å². The predicted molar refractivity (Wildman–Crippen MR) is 92.6 cm³/mol. The highest BCUT2D eigenvalue weighted by atomic mass is 127. The summed E-state index contributed by atoms with van der Waals surface area (Å²) in [6, 6.07) is 3.97. The van der Waals surface area contributed by atoms with E-state index in [1.165, 1.54) is 0 Å². The van der Waals surface area contributed by atoms with E-state index in [1.54, 1.807) is 0 Å². The average molecular weight is 395 g/mol. The van der Waals surface area contributed by atoms with Crippen LogP contribution in [-0.2, 0) is 0 Å². The maximum absolute atomic E-state index is 9.02. The fourth-order valence-corrected chi connectivity index (χ4v) is 1.59. The summed E-state index contributed by atoms with van der Waals surface area (Å²) in [7, 11) is 0. The van der Waals surface area contributed by atoms with Crippen molar-refractivity contribution in [1.29, 1.82) is 0 Å². The van der Waals surface area contributed by atoms with Crippen LogP contribution in [0.4, 0.5) is 0 Å². The molecule has 20 heavy (non-hydrogen) atoms. The van der Waals surface area contributed by atoms with Gasteiger partial charge in [0.05, 0.1) is 6.04 Å². The Hall–Kier alpha value is -0.760. The van der Waals surface area contributed by atoms with Crippen LogP contribution in [0, 0.1) is 12.8 Å². The first-order valence-electron chi connectivity index (χ1n) is 6.78. The van der Waals surface area contributed by atoms with E-state index in [-0.39, 0.29) is 42.5 Å². The zero-order chi connectivity index (χ0) is 14.3. The summed E-state index contributed by atoms with van der Waals surface area (Å²) in [4.78, 5) is 4.45. The Balaban J connectivity index is 0.00000361. The Morgan fingerprint density at radius 3 is 2.60 bits per heavy atom. The zero-order valence-electron chi connectivity index (χ0n) is 12.6. The number of halogens is 1. The van der Waals surface area contributed by atoms with Crippen molar-refractivity contribution in [2.24, 2.45) is 10.9 Å². The molecule has 0 fully saturated rings. The number of aliphatic hydroxyl groups excluding tert-OH is 1. The number of hydrogen-bond donors (Lipinski definition) is 3. The first kappa shape index (κ1) is 19.2. The van der Waals surface area contributed by atoms with Gasteiger partial charge in [-0.1, -0.05) is 6.92 Å². The summed E-state index contributed by atoms with van der Waals surface area (Å²) >= 11 is 0. The van der Waals surface area contributed by atoms with Crippen LogP contribution in [-0.4, -0.2) is 30.8 Å². The topological polar surface area (TPSA) is 69.8 Å². The van der Waals surface area contributed by atoms with Gasteiger partial charge in [0.2, 0.25) is 0 Å². The molecule has 6 heteroatoms. The minimum Gasteiger partial charge on any atom is -0.464 e. The first-order valence-corrected chi connectivity index (χ1v) is 6.78. The highest BCUT2D eigenvalue weighted by Crippen LogP contribution is 2.15. The van der Waals surface area contributed by atoms with Gasteiger partial charge in [-0.05, 0) is 38.8 Å². The van der Waals surface area contributed by atoms with Crippen molar-refractivity contribution in [3.8, 4) is 0 Å². The monoisotopic (exact) mass is 395 g/mol. The summed E-state index contributed by atoms with van der Waals surface area (Å²) in [5, 5.41) is 15.5. The quantitative estimate of drug-likeness (QED) is 0.393. The van der Waals surface area contributed by atoms with Gasteiger partial charge >= 0.3 is 0 Å². The lowest BCUT2D eigenvalue weighted by atomic mass is 10.2. The third kappa shape index (κ3) is 6.60. The fourth-order valence-electron chi connectivity index (χ4n) is 1.59. The van der Waals surface area contributed by atoms with Gasteiger partial charge in [0.1, 0.15) is 11.5 Å². The van der Waals surface area contributed by atoms with E-state index < -0.39 is 0 Å². The number of hydrogen-bond acceptors (Lipinski definition) is 3. The van der Waals surface area contributed by atoms with Gasteiger partial charge in [-0.25, -0.2) is 0 Å². The molecule has 0 aliphatic carbocycles. The molecule has 0 bridgehead atoms. The van der Waals surface area contributed by atoms with Crippen molar-refractivity contribution in [2.75, 3.05) is 19.7 Å². The number of nitrogens with zero attached hydrogens (tertiary/aromatic N) is 1. The number of aliphatic hydroxyl groups is 1. The van der Waals surface area contributed by atoms with Crippen molar-refractivity contribution in [1.82, 2.24) is 10.6 Å². The lowest BCUT2D eigenvalue weighted by molar-refractivity contribution is 0.241. The Kier molecular flexibility index (Phi) is 9.66. The molecular weight excluding hydrogens is 369 g/mol. The molecule has 2 atom stereocenters. The third-order valence-electron chi connectivity index (χ3n) is 2.76. The Bertz CT molecular complexity index is 407. The van der Waals surface area contributed by atoms with Gasteiger partial charge in [-0.15, -0.1) is 24.0 Å². The number of furan rings is 1. The standard InChI is InChI=1S/C14H25N3O2.HI/c1-5-15-14(16-8-10(2)9-18)17-12(4)13-7-6-11(3)19-13;/h6-7,10,12,18H,5,8-9H2,1-4H3,(H2,15,16,17);1H. The molecule has 2 unspecified atom stereocenters. The van der Waals surface area contributed by atoms with Gasteiger partial charge in [-0.2, -0.15) is 0 Å². The number of guanidine groups is 1. The van der Waals surface area contributed by atoms with Gasteiger partial charge in [0, 0.05) is 19.7 Å². The first-order chi connectivity index (χ1) is 9.06. The largest absolute Gasteiger partial charge is 0.464 e. The van der Waals surface area contributed by atoms with E-state index in [9.17, 15) is 0 Å². The number of aryl methyl sites for hydroxylation is 1. The summed E-state index contributed by atoms with van der Waals surface area (Å²) in [5.74, 6) is 2.69. The number of nitrogens with one attached hydrogen (secondary N) is 2. The van der Waals surface area contributed by atoms with Gasteiger partial charge < -0.3 is 20.2 Å². The van der Waals surface area contributed by atoms with Crippen LogP contribution in [0.15, 0.2) is 21.5 Å². The number of aliphatic imine (C=N–C) groups is 1. The summed E-state index contributed by atoms with van der Waals surface area (Å²) in [6.07, 6.45) is 0. The van der Waals surface area contributed by atoms with Gasteiger partial charge in [-0.3, -0.25) is 4.99 Å². The zero-order valence-corrected chi connectivity index (χ0v) is 15.0. The van der Waals surface area contributed by atoms with E-state index in [4.69, 9.17) is 9.52 Å². The highest BCUT2D eigenvalue weighted by Gasteiger charge is 2.11. The van der Waals surface area contributed by atoms with Crippen LogP contribution >= 0.6 is 24.0 Å². The molecule has 0 saturated heterocycles.